The smallest absolute Gasteiger partial charge is 0.371 e. The number of aromatic amines is 1. The molecule has 2 amide bonds. The van der Waals surface area contributed by atoms with Gasteiger partial charge in [0.1, 0.15) is 11.2 Å². The van der Waals surface area contributed by atoms with E-state index in [2.05, 4.69) is 37.7 Å². The van der Waals surface area contributed by atoms with Gasteiger partial charge in [-0.15, -0.1) is 0 Å². The molecule has 0 spiro atoms. The third-order valence-corrected chi connectivity index (χ3v) is 6.22. The summed E-state index contributed by atoms with van der Waals surface area (Å²) in [6.07, 6.45) is 1.76. The highest BCUT2D eigenvalue weighted by atomic mass is 16.4. The van der Waals surface area contributed by atoms with Gasteiger partial charge in [-0.2, -0.15) is 5.10 Å². The van der Waals surface area contributed by atoms with Gasteiger partial charge in [-0.3, -0.25) is 14.7 Å². The van der Waals surface area contributed by atoms with E-state index in [1.54, 1.807) is 42.1 Å². The van der Waals surface area contributed by atoms with E-state index in [0.29, 0.717) is 16.9 Å². The Morgan fingerprint density at radius 2 is 1.81 bits per heavy atom. The minimum absolute atomic E-state index is 0.0466. The number of anilines is 3. The molecule has 1 aliphatic rings. The van der Waals surface area contributed by atoms with Gasteiger partial charge in [0.15, 0.2) is 11.4 Å². The van der Waals surface area contributed by atoms with E-state index in [4.69, 9.17) is 9.52 Å². The molecule has 186 valence electrons. The molecule has 0 aliphatic carbocycles. The van der Waals surface area contributed by atoms with E-state index in [0.717, 1.165) is 31.9 Å². The van der Waals surface area contributed by atoms with Gasteiger partial charge in [0, 0.05) is 51.2 Å². The Morgan fingerprint density at radius 1 is 1.03 bits per heavy atom. The number of fused-ring (bicyclic) bond motifs is 1. The van der Waals surface area contributed by atoms with E-state index >= 15 is 0 Å². The maximum absolute atomic E-state index is 13.3. The molecule has 0 radical (unpaired) electrons. The van der Waals surface area contributed by atoms with Crippen molar-refractivity contribution < 1.29 is 23.9 Å². The topological polar surface area (TPSA) is 149 Å². The lowest BCUT2D eigenvalue weighted by Crippen LogP contribution is -2.44. The van der Waals surface area contributed by atoms with Crippen molar-refractivity contribution >= 4 is 46.1 Å². The summed E-state index contributed by atoms with van der Waals surface area (Å²) in [5.41, 5.74) is 2.34. The highest BCUT2D eigenvalue weighted by Crippen LogP contribution is 2.28. The fourth-order valence-corrected chi connectivity index (χ4v) is 4.16. The number of H-pyrrole nitrogens is 1. The van der Waals surface area contributed by atoms with Gasteiger partial charge in [0.25, 0.3) is 11.8 Å². The van der Waals surface area contributed by atoms with Gasteiger partial charge in [0.2, 0.25) is 5.76 Å². The molecule has 0 atom stereocenters. The molecule has 4 aromatic rings. The first-order chi connectivity index (χ1) is 17.3. The lowest BCUT2D eigenvalue weighted by Gasteiger charge is -2.34. The molecule has 1 aromatic carbocycles. The van der Waals surface area contributed by atoms with E-state index < -0.39 is 11.9 Å². The number of carbonyl (C=O) groups excluding carboxylic acids is 2. The van der Waals surface area contributed by atoms with Crippen molar-refractivity contribution in [2.75, 3.05) is 48.8 Å². The molecule has 1 aliphatic heterocycles. The molecule has 5 rings (SSSR count). The van der Waals surface area contributed by atoms with Gasteiger partial charge in [0.05, 0.1) is 11.3 Å². The molecule has 3 aromatic heterocycles. The normalized spacial score (nSPS) is 14.2. The van der Waals surface area contributed by atoms with Crippen LogP contribution in [0.2, 0.25) is 0 Å². The van der Waals surface area contributed by atoms with Crippen molar-refractivity contribution in [2.45, 2.75) is 0 Å². The number of likely N-dealkylation sites (N-methyl/N-ethyl adjacent to an activating group) is 1. The third-order valence-electron chi connectivity index (χ3n) is 6.22. The third kappa shape index (κ3) is 4.41. The molecule has 0 saturated carbocycles. The Balaban J connectivity index is 1.46. The van der Waals surface area contributed by atoms with E-state index in [1.807, 2.05) is 6.07 Å². The fourth-order valence-electron chi connectivity index (χ4n) is 4.16. The number of carboxylic acids is 1. The molecule has 12 nitrogen and oxygen atoms in total. The molecule has 4 N–H and O–H groups in total. The quantitative estimate of drug-likeness (QED) is 0.321. The van der Waals surface area contributed by atoms with Crippen molar-refractivity contribution in [2.24, 2.45) is 7.05 Å². The second kappa shape index (κ2) is 9.23. The van der Waals surface area contributed by atoms with Crippen LogP contribution in [-0.2, 0) is 7.05 Å². The van der Waals surface area contributed by atoms with Crippen LogP contribution in [0.5, 0.6) is 0 Å². The number of amides is 2. The number of rotatable bonds is 6. The zero-order valence-corrected chi connectivity index (χ0v) is 19.7. The fraction of sp³-hybridized carbons (Fsp3) is 0.250. The number of carboxylic acid groups (broad SMARTS) is 1. The van der Waals surface area contributed by atoms with Crippen LogP contribution in [0.3, 0.4) is 0 Å². The number of furan rings is 1. The monoisotopic (exact) mass is 491 g/mol. The highest BCUT2D eigenvalue weighted by Gasteiger charge is 2.23. The predicted molar refractivity (Wildman–Crippen MR) is 133 cm³/mol. The zero-order chi connectivity index (χ0) is 25.4. The zero-order valence-electron chi connectivity index (χ0n) is 19.7. The molecular weight excluding hydrogens is 466 g/mol. The van der Waals surface area contributed by atoms with Crippen LogP contribution in [0.4, 0.5) is 17.2 Å². The molecular formula is C24H25N7O5. The summed E-state index contributed by atoms with van der Waals surface area (Å²) in [7, 11) is 3.83. The Kier molecular flexibility index (Phi) is 5.94. The molecule has 0 unspecified atom stereocenters. The summed E-state index contributed by atoms with van der Waals surface area (Å²) in [6.45, 7) is 3.46. The summed E-state index contributed by atoms with van der Waals surface area (Å²) >= 11 is 0. The summed E-state index contributed by atoms with van der Waals surface area (Å²) in [6, 6.07) is 10.0. The minimum atomic E-state index is -1.23. The van der Waals surface area contributed by atoms with Crippen LogP contribution in [0, 0.1) is 0 Å². The summed E-state index contributed by atoms with van der Waals surface area (Å²) < 4.78 is 7.00. The largest absolute Gasteiger partial charge is 0.475 e. The number of hydrogen-bond donors (Lipinski definition) is 4. The van der Waals surface area contributed by atoms with Crippen LogP contribution < -0.4 is 15.5 Å². The number of aromatic nitrogens is 3. The summed E-state index contributed by atoms with van der Waals surface area (Å²) in [5.74, 6) is -2.36. The van der Waals surface area contributed by atoms with E-state index in [1.165, 1.54) is 6.07 Å². The molecule has 1 fully saturated rings. The van der Waals surface area contributed by atoms with Crippen molar-refractivity contribution in [3.63, 3.8) is 0 Å². The Morgan fingerprint density at radius 3 is 2.50 bits per heavy atom. The van der Waals surface area contributed by atoms with Crippen molar-refractivity contribution in [3.05, 3.63) is 59.6 Å². The number of aryl methyl sites for hydroxylation is 1. The Labute approximate surface area is 205 Å². The standard InChI is InChI=1S/C24H25N7O5/c1-29-8-10-31(11-9-29)14-5-6-15(16(12-14)25-23(33)18-4-3-7-30(18)2)22(32)26-21-20-17(27-28-21)13-19(36-20)24(34)35/h3-7,12-13H,8-11H2,1-2H3,(H,25,33)(H,34,35)(H2,26,27,28,32). The molecule has 1 saturated heterocycles. The number of aromatic carboxylic acids is 1. The average molecular weight is 492 g/mol. The van der Waals surface area contributed by atoms with Gasteiger partial charge in [-0.05, 0) is 37.4 Å². The first kappa shape index (κ1) is 23.2. The maximum Gasteiger partial charge on any atom is 0.371 e. The first-order valence-electron chi connectivity index (χ1n) is 11.3. The van der Waals surface area contributed by atoms with Gasteiger partial charge in [-0.1, -0.05) is 0 Å². The van der Waals surface area contributed by atoms with Crippen LogP contribution >= 0.6 is 0 Å². The number of benzene rings is 1. The Hall–Kier alpha value is -4.58. The number of nitrogens with one attached hydrogen (secondary N) is 3. The van der Waals surface area contributed by atoms with E-state index in [-0.39, 0.29) is 28.6 Å². The first-order valence-corrected chi connectivity index (χ1v) is 11.3. The van der Waals surface area contributed by atoms with Gasteiger partial charge in [-0.25, -0.2) is 4.79 Å². The second-order valence-corrected chi connectivity index (χ2v) is 8.66. The van der Waals surface area contributed by atoms with Crippen LogP contribution in [0.1, 0.15) is 31.4 Å². The number of nitrogens with zero attached hydrogens (tertiary/aromatic N) is 4. The summed E-state index contributed by atoms with van der Waals surface area (Å²) in [4.78, 5) is 41.9. The number of carbonyl (C=O) groups is 3. The number of hydrogen-bond acceptors (Lipinski definition) is 7. The van der Waals surface area contributed by atoms with Crippen molar-refractivity contribution in [1.29, 1.82) is 0 Å². The molecule has 4 heterocycles. The highest BCUT2D eigenvalue weighted by molar-refractivity contribution is 6.13. The van der Waals surface area contributed by atoms with E-state index in [9.17, 15) is 14.4 Å². The van der Waals surface area contributed by atoms with Crippen LogP contribution in [0.25, 0.3) is 11.1 Å². The lowest BCUT2D eigenvalue weighted by molar-refractivity contribution is 0.0664. The lowest BCUT2D eigenvalue weighted by atomic mass is 10.1. The van der Waals surface area contributed by atoms with Crippen molar-refractivity contribution in [3.8, 4) is 0 Å². The SMILES string of the molecule is CN1CCN(c2ccc(C(=O)Nc3n[nH]c4cc(C(=O)O)oc34)c(NC(=O)c3cccn3C)c2)CC1. The minimum Gasteiger partial charge on any atom is -0.475 e. The summed E-state index contributed by atoms with van der Waals surface area (Å²) in [5, 5.41) is 21.3. The van der Waals surface area contributed by atoms with Crippen molar-refractivity contribution in [1.82, 2.24) is 19.7 Å². The molecule has 36 heavy (non-hydrogen) atoms. The molecule has 0 bridgehead atoms. The Bertz CT molecular complexity index is 1460. The van der Waals surface area contributed by atoms with Crippen LogP contribution in [-0.4, -0.2) is 75.8 Å². The van der Waals surface area contributed by atoms with Crippen LogP contribution in [0.15, 0.2) is 47.0 Å². The van der Waals surface area contributed by atoms with Gasteiger partial charge < -0.3 is 34.5 Å². The maximum atomic E-state index is 13.3. The predicted octanol–water partition coefficient (Wildman–Crippen LogP) is 2.45. The second-order valence-electron chi connectivity index (χ2n) is 8.66. The van der Waals surface area contributed by atoms with Gasteiger partial charge >= 0.3 is 5.97 Å². The molecule has 12 heteroatoms. The average Bonchev–Trinajstić information content (AvgIpc) is 3.56. The number of piperazine rings is 1.